The van der Waals surface area contributed by atoms with Gasteiger partial charge in [-0.05, 0) is 51.9 Å². The maximum atomic E-state index is 12.6. The number of aliphatic hydroxyl groups excluding tert-OH is 1. The normalized spacial score (nSPS) is 12.9. The van der Waals surface area contributed by atoms with Gasteiger partial charge in [-0.25, -0.2) is 4.79 Å². The number of benzene rings is 5. The highest BCUT2D eigenvalue weighted by Gasteiger charge is 2.40. The fourth-order valence-electron chi connectivity index (χ4n) is 5.70. The summed E-state index contributed by atoms with van der Waals surface area (Å²) in [6.45, 7) is -0.225. The summed E-state index contributed by atoms with van der Waals surface area (Å²) in [6.07, 6.45) is -0.582. The molecule has 6 heteroatoms. The van der Waals surface area contributed by atoms with Gasteiger partial charge in [0.05, 0.1) is 25.4 Å². The predicted molar refractivity (Wildman–Crippen MR) is 166 cm³/mol. The minimum Gasteiger partial charge on any atom is -0.481 e. The molecule has 5 rings (SSSR count). The minimum absolute atomic E-state index is 0.191. The molecule has 0 bridgehead atoms. The summed E-state index contributed by atoms with van der Waals surface area (Å²) in [7, 11) is 1.34. The zero-order valence-corrected chi connectivity index (χ0v) is 23.9. The second kappa shape index (κ2) is 13.5. The van der Waals surface area contributed by atoms with E-state index in [0.29, 0.717) is 12.0 Å². The fraction of sp³-hybridized carbons (Fsp3) is 0.189. The number of carboxylic acids is 1. The lowest BCUT2D eigenvalue weighted by Crippen LogP contribution is -2.39. The molecule has 0 aliphatic rings. The van der Waals surface area contributed by atoms with Crippen LogP contribution in [0.4, 0.5) is 0 Å². The minimum atomic E-state index is -1.18. The first-order valence-electron chi connectivity index (χ1n) is 14.3. The summed E-state index contributed by atoms with van der Waals surface area (Å²) < 4.78 is 11.6. The lowest BCUT2D eigenvalue weighted by Gasteiger charge is -2.37. The van der Waals surface area contributed by atoms with Crippen LogP contribution in [-0.4, -0.2) is 42.0 Å². The van der Waals surface area contributed by atoms with Gasteiger partial charge in [0.25, 0.3) is 0 Å². The number of esters is 1. The largest absolute Gasteiger partial charge is 0.481 e. The Morgan fingerprint density at radius 2 is 1.19 bits per heavy atom. The van der Waals surface area contributed by atoms with Crippen LogP contribution in [0.2, 0.25) is 0 Å². The lowest BCUT2D eigenvalue weighted by atomic mass is 9.80. The zero-order valence-electron chi connectivity index (χ0n) is 23.9. The van der Waals surface area contributed by atoms with Crippen LogP contribution in [0.25, 0.3) is 10.8 Å². The van der Waals surface area contributed by atoms with E-state index in [1.807, 2.05) is 121 Å². The quantitative estimate of drug-likeness (QED) is 0.128. The van der Waals surface area contributed by atoms with Crippen molar-refractivity contribution in [3.8, 4) is 0 Å². The molecule has 5 aromatic rings. The molecule has 2 atom stereocenters. The van der Waals surface area contributed by atoms with Gasteiger partial charge in [-0.3, -0.25) is 4.79 Å². The molecule has 0 aliphatic heterocycles. The molecule has 0 radical (unpaired) electrons. The van der Waals surface area contributed by atoms with Crippen molar-refractivity contribution in [3.63, 3.8) is 0 Å². The highest BCUT2D eigenvalue weighted by molar-refractivity contribution is 6.05. The molecule has 0 saturated heterocycles. The number of aryl methyl sites for hydroxylation is 1. The highest BCUT2D eigenvalue weighted by Crippen LogP contribution is 2.41. The molecule has 0 heterocycles. The Morgan fingerprint density at radius 3 is 1.67 bits per heavy atom. The molecular weight excluding hydrogens is 540 g/mol. The average Bonchev–Trinajstić information content (AvgIpc) is 3.06. The van der Waals surface area contributed by atoms with E-state index >= 15 is 0 Å². The summed E-state index contributed by atoms with van der Waals surface area (Å²) in [5, 5.41) is 23.1. The van der Waals surface area contributed by atoms with Crippen molar-refractivity contribution in [2.24, 2.45) is 5.92 Å². The SMILES string of the molecule is COC(=O)c1ccc(CC[C@H](O)[C@H](COC(c2ccccc2)(c2ccccc2)c2ccccc2)C(=O)O)c2ccccc12. The van der Waals surface area contributed by atoms with E-state index in [1.165, 1.54) is 7.11 Å². The monoisotopic (exact) mass is 574 g/mol. The molecule has 43 heavy (non-hydrogen) atoms. The molecule has 0 aliphatic carbocycles. The van der Waals surface area contributed by atoms with Crippen LogP contribution in [0, 0.1) is 5.92 Å². The fourth-order valence-corrected chi connectivity index (χ4v) is 5.70. The molecule has 2 N–H and O–H groups in total. The molecule has 218 valence electrons. The van der Waals surface area contributed by atoms with Crippen LogP contribution >= 0.6 is 0 Å². The van der Waals surface area contributed by atoms with E-state index < -0.39 is 29.6 Å². The van der Waals surface area contributed by atoms with Gasteiger partial charge in [0.15, 0.2) is 0 Å². The third-order valence-corrected chi connectivity index (χ3v) is 7.93. The van der Waals surface area contributed by atoms with Gasteiger partial charge in [0, 0.05) is 0 Å². The van der Waals surface area contributed by atoms with Crippen molar-refractivity contribution in [3.05, 3.63) is 155 Å². The van der Waals surface area contributed by atoms with Crippen LogP contribution in [0.5, 0.6) is 0 Å². The molecule has 0 spiro atoms. The van der Waals surface area contributed by atoms with Crippen molar-refractivity contribution in [2.45, 2.75) is 24.5 Å². The average molecular weight is 575 g/mol. The first-order valence-corrected chi connectivity index (χ1v) is 14.3. The number of carbonyl (C=O) groups excluding carboxylic acids is 1. The highest BCUT2D eigenvalue weighted by atomic mass is 16.5. The molecule has 5 aromatic carbocycles. The third kappa shape index (κ3) is 6.21. The predicted octanol–water partition coefficient (Wildman–Crippen LogP) is 6.63. The number of carboxylic acid groups (broad SMARTS) is 1. The van der Waals surface area contributed by atoms with E-state index in [2.05, 4.69) is 0 Å². The summed E-state index contributed by atoms with van der Waals surface area (Å²) >= 11 is 0. The van der Waals surface area contributed by atoms with E-state index in [1.54, 1.807) is 6.07 Å². The summed E-state index contributed by atoms with van der Waals surface area (Å²) in [4.78, 5) is 24.8. The molecule has 0 aromatic heterocycles. The van der Waals surface area contributed by atoms with Gasteiger partial charge >= 0.3 is 11.9 Å². The van der Waals surface area contributed by atoms with Gasteiger partial charge in [-0.2, -0.15) is 0 Å². The number of ether oxygens (including phenoxy) is 2. The van der Waals surface area contributed by atoms with Crippen molar-refractivity contribution < 1.29 is 29.3 Å². The molecular formula is C37H34O6. The summed E-state index contributed by atoms with van der Waals surface area (Å²) in [5.74, 6) is -2.75. The number of aliphatic hydroxyl groups is 1. The number of carbonyl (C=O) groups is 2. The van der Waals surface area contributed by atoms with Crippen molar-refractivity contribution in [2.75, 3.05) is 13.7 Å². The van der Waals surface area contributed by atoms with Gasteiger partial charge in [0.2, 0.25) is 0 Å². The number of rotatable bonds is 12. The molecule has 0 saturated carbocycles. The van der Waals surface area contributed by atoms with E-state index in [4.69, 9.17) is 9.47 Å². The number of methoxy groups -OCH3 is 1. The third-order valence-electron chi connectivity index (χ3n) is 7.93. The van der Waals surface area contributed by atoms with Crippen molar-refractivity contribution in [1.29, 1.82) is 0 Å². The summed E-state index contributed by atoms with van der Waals surface area (Å²) in [6, 6.07) is 40.2. The standard InChI is InChI=1S/C37H34O6/c1-42-36(41)32-23-21-26(30-19-11-12-20-31(30)32)22-24-34(38)33(35(39)40)25-43-37(27-13-5-2-6-14-27,28-15-7-3-8-16-28)29-17-9-4-10-18-29/h2-21,23,33-34,38H,22,24-25H2,1H3,(H,39,40)/t33-,34-/m0/s1. The topological polar surface area (TPSA) is 93.1 Å². The number of aliphatic carboxylic acids is 1. The van der Waals surface area contributed by atoms with Crippen LogP contribution in [0.15, 0.2) is 127 Å². The Balaban J connectivity index is 1.44. The molecule has 6 nitrogen and oxygen atoms in total. The van der Waals surface area contributed by atoms with Crippen LogP contribution in [0.1, 0.15) is 39.0 Å². The van der Waals surface area contributed by atoms with E-state index in [-0.39, 0.29) is 13.0 Å². The maximum Gasteiger partial charge on any atom is 0.338 e. The number of fused-ring (bicyclic) bond motifs is 1. The van der Waals surface area contributed by atoms with Crippen LogP contribution < -0.4 is 0 Å². The Morgan fingerprint density at radius 1 is 0.698 bits per heavy atom. The zero-order chi connectivity index (χ0) is 30.2. The Kier molecular flexibility index (Phi) is 9.30. The smallest absolute Gasteiger partial charge is 0.338 e. The number of hydrogen-bond acceptors (Lipinski definition) is 5. The van der Waals surface area contributed by atoms with Gasteiger partial charge in [0.1, 0.15) is 11.5 Å². The number of hydrogen-bond donors (Lipinski definition) is 2. The first kappa shape index (κ1) is 29.7. The van der Waals surface area contributed by atoms with Gasteiger partial charge < -0.3 is 19.7 Å². The van der Waals surface area contributed by atoms with Gasteiger partial charge in [-0.1, -0.05) is 121 Å². The lowest BCUT2D eigenvalue weighted by molar-refractivity contribution is -0.151. The molecule has 0 fully saturated rings. The summed E-state index contributed by atoms with van der Waals surface area (Å²) in [5.41, 5.74) is 2.81. The molecule has 0 amide bonds. The van der Waals surface area contributed by atoms with Gasteiger partial charge in [-0.15, -0.1) is 0 Å². The molecule has 0 unspecified atom stereocenters. The van der Waals surface area contributed by atoms with E-state index in [9.17, 15) is 19.8 Å². The maximum absolute atomic E-state index is 12.6. The Hall–Kier alpha value is -4.78. The van der Waals surface area contributed by atoms with E-state index in [0.717, 1.165) is 33.0 Å². The Bertz CT molecular complexity index is 1570. The Labute approximate surface area is 251 Å². The van der Waals surface area contributed by atoms with Crippen molar-refractivity contribution in [1.82, 2.24) is 0 Å². The second-order valence-electron chi connectivity index (χ2n) is 10.5. The first-order chi connectivity index (χ1) is 21.0. The van der Waals surface area contributed by atoms with Crippen molar-refractivity contribution >= 4 is 22.7 Å². The second-order valence-corrected chi connectivity index (χ2v) is 10.5. The van der Waals surface area contributed by atoms with Crippen LogP contribution in [0.3, 0.4) is 0 Å². The van der Waals surface area contributed by atoms with Crippen LogP contribution in [-0.2, 0) is 26.3 Å².